The van der Waals surface area contributed by atoms with Crippen molar-refractivity contribution in [3.63, 3.8) is 0 Å². The van der Waals surface area contributed by atoms with Crippen molar-refractivity contribution in [2.45, 2.75) is 20.4 Å². The van der Waals surface area contributed by atoms with Gasteiger partial charge in [0.2, 0.25) is 0 Å². The minimum atomic E-state index is -0.388. The van der Waals surface area contributed by atoms with Crippen molar-refractivity contribution in [3.05, 3.63) is 82.9 Å². The zero-order valence-corrected chi connectivity index (χ0v) is 13.6. The molecule has 1 amide bonds. The van der Waals surface area contributed by atoms with Crippen molar-refractivity contribution >= 4 is 11.6 Å². The molecule has 5 heteroatoms. The average Bonchev–Trinajstić information content (AvgIpc) is 2.82. The number of aromatic nitrogens is 2. The fourth-order valence-electron chi connectivity index (χ4n) is 2.70. The number of hydrogen-bond donors (Lipinski definition) is 1. The van der Waals surface area contributed by atoms with Gasteiger partial charge in [-0.25, -0.2) is 4.39 Å². The van der Waals surface area contributed by atoms with Crippen molar-refractivity contribution in [3.8, 4) is 0 Å². The summed E-state index contributed by atoms with van der Waals surface area (Å²) in [5, 5.41) is 7.19. The summed E-state index contributed by atoms with van der Waals surface area (Å²) in [7, 11) is 0. The van der Waals surface area contributed by atoms with E-state index in [1.165, 1.54) is 12.1 Å². The van der Waals surface area contributed by atoms with Crippen molar-refractivity contribution in [2.75, 3.05) is 5.32 Å². The number of rotatable bonds is 4. The van der Waals surface area contributed by atoms with Crippen LogP contribution in [-0.2, 0) is 6.54 Å². The minimum Gasteiger partial charge on any atom is -0.322 e. The summed E-state index contributed by atoms with van der Waals surface area (Å²) < 4.78 is 15.1. The smallest absolute Gasteiger partial charge is 0.259 e. The van der Waals surface area contributed by atoms with Gasteiger partial charge in [-0.2, -0.15) is 5.10 Å². The molecule has 1 heterocycles. The molecular weight excluding hydrogens is 305 g/mol. The quantitative estimate of drug-likeness (QED) is 0.790. The van der Waals surface area contributed by atoms with Crippen LogP contribution in [0, 0.1) is 19.7 Å². The van der Waals surface area contributed by atoms with E-state index in [0.717, 1.165) is 11.3 Å². The predicted octanol–water partition coefficient (Wildman–Crippen LogP) is 3.94. The number of halogens is 1. The summed E-state index contributed by atoms with van der Waals surface area (Å²) in [5.74, 6) is -0.670. The number of nitrogens with zero attached hydrogens (tertiary/aromatic N) is 2. The van der Waals surface area contributed by atoms with E-state index >= 15 is 0 Å². The lowest BCUT2D eigenvalue weighted by atomic mass is 10.1. The molecule has 122 valence electrons. The van der Waals surface area contributed by atoms with E-state index in [1.54, 1.807) is 19.1 Å². The molecule has 0 aliphatic heterocycles. The third kappa shape index (κ3) is 3.35. The maximum atomic E-state index is 13.3. The van der Waals surface area contributed by atoms with E-state index in [4.69, 9.17) is 0 Å². The normalized spacial score (nSPS) is 10.6. The Hall–Kier alpha value is -2.95. The Bertz CT molecular complexity index is 872. The van der Waals surface area contributed by atoms with Crippen LogP contribution in [0.3, 0.4) is 0 Å². The van der Waals surface area contributed by atoms with Crippen molar-refractivity contribution in [1.29, 1.82) is 0 Å². The second kappa shape index (κ2) is 6.66. The maximum absolute atomic E-state index is 13.3. The summed E-state index contributed by atoms with van der Waals surface area (Å²) in [6.45, 7) is 4.26. The van der Waals surface area contributed by atoms with E-state index in [0.29, 0.717) is 23.5 Å². The zero-order valence-electron chi connectivity index (χ0n) is 13.6. The number of benzene rings is 2. The lowest BCUT2D eigenvalue weighted by molar-refractivity contribution is 0.102. The maximum Gasteiger partial charge on any atom is 0.259 e. The van der Waals surface area contributed by atoms with Gasteiger partial charge in [0.05, 0.1) is 17.8 Å². The summed E-state index contributed by atoms with van der Waals surface area (Å²) in [6, 6.07) is 15.8. The first-order valence-electron chi connectivity index (χ1n) is 7.69. The van der Waals surface area contributed by atoms with Gasteiger partial charge in [-0.05, 0) is 37.6 Å². The second-order valence-corrected chi connectivity index (χ2v) is 5.65. The average molecular weight is 323 g/mol. The molecule has 2 aromatic carbocycles. The topological polar surface area (TPSA) is 46.9 Å². The Morgan fingerprint density at radius 3 is 2.58 bits per heavy atom. The van der Waals surface area contributed by atoms with E-state index in [9.17, 15) is 9.18 Å². The molecule has 0 aliphatic carbocycles. The van der Waals surface area contributed by atoms with Gasteiger partial charge in [0.1, 0.15) is 5.82 Å². The van der Waals surface area contributed by atoms with Gasteiger partial charge in [-0.15, -0.1) is 0 Å². The predicted molar refractivity (Wildman–Crippen MR) is 91.6 cm³/mol. The third-order valence-corrected chi connectivity index (χ3v) is 3.87. The van der Waals surface area contributed by atoms with Gasteiger partial charge in [0, 0.05) is 11.4 Å². The number of amides is 1. The summed E-state index contributed by atoms with van der Waals surface area (Å²) in [4.78, 5) is 12.5. The molecule has 0 atom stereocenters. The van der Waals surface area contributed by atoms with Gasteiger partial charge in [-0.3, -0.25) is 9.48 Å². The molecule has 1 N–H and O–H groups in total. The number of nitrogens with one attached hydrogen (secondary N) is 1. The van der Waals surface area contributed by atoms with E-state index in [1.807, 2.05) is 41.9 Å². The Kier molecular flexibility index (Phi) is 4.42. The molecule has 0 unspecified atom stereocenters. The number of anilines is 1. The minimum absolute atomic E-state index is 0.282. The highest BCUT2D eigenvalue weighted by molar-refractivity contribution is 6.05. The summed E-state index contributed by atoms with van der Waals surface area (Å²) >= 11 is 0. The Labute approximate surface area is 139 Å². The first-order chi connectivity index (χ1) is 11.5. The largest absolute Gasteiger partial charge is 0.322 e. The number of hydrogen-bond acceptors (Lipinski definition) is 2. The fraction of sp³-hybridized carbons (Fsp3) is 0.158. The van der Waals surface area contributed by atoms with E-state index in [2.05, 4.69) is 10.4 Å². The SMILES string of the molecule is Cc1nn(Cc2ccccc2)c(C)c1C(=O)Nc1cccc(F)c1. The summed E-state index contributed by atoms with van der Waals surface area (Å²) in [5.41, 5.74) is 3.49. The molecule has 3 rings (SSSR count). The van der Waals surface area contributed by atoms with Gasteiger partial charge in [0.15, 0.2) is 0 Å². The van der Waals surface area contributed by atoms with Gasteiger partial charge in [0.25, 0.3) is 5.91 Å². The van der Waals surface area contributed by atoms with E-state index < -0.39 is 0 Å². The first-order valence-corrected chi connectivity index (χ1v) is 7.69. The Morgan fingerprint density at radius 1 is 1.12 bits per heavy atom. The highest BCUT2D eigenvalue weighted by atomic mass is 19.1. The third-order valence-electron chi connectivity index (χ3n) is 3.87. The number of aryl methyl sites for hydroxylation is 1. The summed E-state index contributed by atoms with van der Waals surface area (Å²) in [6.07, 6.45) is 0. The van der Waals surface area contributed by atoms with Crippen LogP contribution >= 0.6 is 0 Å². The van der Waals surface area contributed by atoms with Gasteiger partial charge < -0.3 is 5.32 Å². The van der Waals surface area contributed by atoms with Crippen LogP contribution < -0.4 is 5.32 Å². The first kappa shape index (κ1) is 15.9. The number of carbonyl (C=O) groups excluding carboxylic acids is 1. The number of carbonyl (C=O) groups is 1. The molecule has 3 aromatic rings. The molecule has 24 heavy (non-hydrogen) atoms. The molecule has 0 bridgehead atoms. The van der Waals surface area contributed by atoms with E-state index in [-0.39, 0.29) is 11.7 Å². The molecule has 1 aromatic heterocycles. The zero-order chi connectivity index (χ0) is 17.1. The molecular formula is C19H18FN3O. The van der Waals surface area contributed by atoms with Crippen LogP contribution in [-0.4, -0.2) is 15.7 Å². The van der Waals surface area contributed by atoms with Crippen molar-refractivity contribution < 1.29 is 9.18 Å². The standard InChI is InChI=1S/C19H18FN3O/c1-13-18(19(24)21-17-10-6-9-16(20)11-17)14(2)23(22-13)12-15-7-4-3-5-8-15/h3-11H,12H2,1-2H3,(H,21,24). The van der Waals surface area contributed by atoms with Crippen molar-refractivity contribution in [1.82, 2.24) is 9.78 Å². The van der Waals surface area contributed by atoms with Crippen LogP contribution in [0.4, 0.5) is 10.1 Å². The lowest BCUT2D eigenvalue weighted by Gasteiger charge is -2.07. The highest BCUT2D eigenvalue weighted by Crippen LogP contribution is 2.18. The van der Waals surface area contributed by atoms with Crippen LogP contribution in [0.25, 0.3) is 0 Å². The van der Waals surface area contributed by atoms with Gasteiger partial charge in [-0.1, -0.05) is 36.4 Å². The molecule has 0 saturated heterocycles. The van der Waals surface area contributed by atoms with Crippen LogP contribution in [0.2, 0.25) is 0 Å². The monoisotopic (exact) mass is 323 g/mol. The molecule has 0 fully saturated rings. The molecule has 4 nitrogen and oxygen atoms in total. The van der Waals surface area contributed by atoms with Crippen LogP contribution in [0.5, 0.6) is 0 Å². The molecule has 0 spiro atoms. The van der Waals surface area contributed by atoms with Crippen LogP contribution in [0.15, 0.2) is 54.6 Å². The Morgan fingerprint density at radius 2 is 1.88 bits per heavy atom. The molecule has 0 saturated carbocycles. The second-order valence-electron chi connectivity index (χ2n) is 5.65. The lowest BCUT2D eigenvalue weighted by Crippen LogP contribution is -2.14. The Balaban J connectivity index is 1.84. The highest BCUT2D eigenvalue weighted by Gasteiger charge is 2.19. The molecule has 0 radical (unpaired) electrons. The molecule has 0 aliphatic rings. The van der Waals surface area contributed by atoms with Gasteiger partial charge >= 0.3 is 0 Å². The van der Waals surface area contributed by atoms with Crippen LogP contribution in [0.1, 0.15) is 27.3 Å². The van der Waals surface area contributed by atoms with Crippen molar-refractivity contribution in [2.24, 2.45) is 0 Å². The fourth-order valence-corrected chi connectivity index (χ4v) is 2.70.